The fraction of sp³-hybridized carbons (Fsp3) is 0.545. The van der Waals surface area contributed by atoms with E-state index in [1.165, 1.54) is 11.9 Å². The lowest BCUT2D eigenvalue weighted by Crippen LogP contribution is -2.52. The van der Waals surface area contributed by atoms with Gasteiger partial charge in [-0.25, -0.2) is 15.0 Å². The van der Waals surface area contributed by atoms with Crippen molar-refractivity contribution in [3.63, 3.8) is 0 Å². The van der Waals surface area contributed by atoms with Crippen LogP contribution < -0.4 is 5.73 Å². The van der Waals surface area contributed by atoms with Crippen LogP contribution in [0, 0.1) is 5.92 Å². The molecule has 1 aliphatic carbocycles. The summed E-state index contributed by atoms with van der Waals surface area (Å²) in [5, 5.41) is 22.8. The molecule has 43 heavy (non-hydrogen) atoms. The van der Waals surface area contributed by atoms with Crippen molar-refractivity contribution in [3.05, 3.63) is 54.3 Å². The molecule has 1 aromatic carbocycles. The molecule has 5 N–H and O–H groups in total. The minimum absolute atomic E-state index is 0.101. The molecule has 1 saturated carbocycles. The van der Waals surface area contributed by atoms with Crippen molar-refractivity contribution in [2.24, 2.45) is 5.92 Å². The predicted molar refractivity (Wildman–Crippen MR) is 169 cm³/mol. The maximum absolute atomic E-state index is 11.1. The molecule has 4 aromatic rings. The lowest BCUT2D eigenvalue weighted by atomic mass is 9.76. The van der Waals surface area contributed by atoms with E-state index in [2.05, 4.69) is 79.2 Å². The van der Waals surface area contributed by atoms with Crippen LogP contribution in [0.4, 0.5) is 5.82 Å². The summed E-state index contributed by atoms with van der Waals surface area (Å²) in [6.45, 7) is 15.4. The molecule has 10 heteroatoms. The first-order valence-corrected chi connectivity index (χ1v) is 15.4. The minimum Gasteiger partial charge on any atom is -0.387 e. The highest BCUT2D eigenvalue weighted by Gasteiger charge is 2.46. The third kappa shape index (κ3) is 5.57. The topological polar surface area (TPSA) is 138 Å². The third-order valence-corrected chi connectivity index (χ3v) is 9.42. The quantitative estimate of drug-likeness (QED) is 0.223. The smallest absolute Gasteiger partial charge is 0.164 e. The highest BCUT2D eigenvalue weighted by Crippen LogP contribution is 2.39. The highest BCUT2D eigenvalue weighted by molar-refractivity contribution is 5.94. The number of nitrogens with two attached hydrogens (primary N) is 1. The van der Waals surface area contributed by atoms with Gasteiger partial charge in [-0.1, -0.05) is 39.5 Å². The Morgan fingerprint density at radius 1 is 1.21 bits per heavy atom. The standard InChI is InChI=1S/C33H45N7O3/c1-7-20-15-40(31-27(20)30(34)35-17-36-31)32-29(42)28(41)25(43-32)16-39(18(2)3)22-12-19(13-22)8-11-26-37-23-10-9-21(33(4,5)6)14-24(23)38-26/h7,9-10,14-15,17-19,22,25,28-29,32,41-42H,1,8,11-13,16H2,2-6H3,(H,37,38)(H2,34,35,36)/t19?,22?,25-,28-,29-,32-/m1/s1. The molecule has 1 aliphatic heterocycles. The van der Waals surface area contributed by atoms with Crippen molar-refractivity contribution in [2.45, 2.75) is 102 Å². The van der Waals surface area contributed by atoms with E-state index in [0.29, 0.717) is 35.4 Å². The van der Waals surface area contributed by atoms with Gasteiger partial charge in [0.2, 0.25) is 0 Å². The van der Waals surface area contributed by atoms with Gasteiger partial charge in [0.1, 0.15) is 41.9 Å². The number of H-pyrrole nitrogens is 1. The molecule has 4 atom stereocenters. The Bertz CT molecular complexity index is 1610. The molecule has 0 spiro atoms. The van der Waals surface area contributed by atoms with E-state index in [9.17, 15) is 10.2 Å². The first-order chi connectivity index (χ1) is 20.4. The summed E-state index contributed by atoms with van der Waals surface area (Å²) in [4.78, 5) is 19.3. The second-order valence-electron chi connectivity index (χ2n) is 13.7. The van der Waals surface area contributed by atoms with Crippen molar-refractivity contribution in [2.75, 3.05) is 12.3 Å². The number of rotatable bonds is 9. The van der Waals surface area contributed by atoms with Gasteiger partial charge in [-0.15, -0.1) is 0 Å². The number of aliphatic hydroxyl groups is 2. The molecule has 1 saturated heterocycles. The zero-order valence-corrected chi connectivity index (χ0v) is 25.9. The molecule has 3 aromatic heterocycles. The molecule has 0 unspecified atom stereocenters. The van der Waals surface area contributed by atoms with Gasteiger partial charge in [0.15, 0.2) is 6.23 Å². The Morgan fingerprint density at radius 2 is 1.98 bits per heavy atom. The van der Waals surface area contributed by atoms with Gasteiger partial charge in [0, 0.05) is 36.8 Å². The van der Waals surface area contributed by atoms with Crippen molar-refractivity contribution in [1.29, 1.82) is 0 Å². The third-order valence-electron chi connectivity index (χ3n) is 9.42. The number of aromatic amines is 1. The van der Waals surface area contributed by atoms with Crippen LogP contribution in [-0.4, -0.2) is 76.6 Å². The Morgan fingerprint density at radius 3 is 2.67 bits per heavy atom. The van der Waals surface area contributed by atoms with Crippen molar-refractivity contribution in [1.82, 2.24) is 29.4 Å². The summed E-state index contributed by atoms with van der Waals surface area (Å²) in [6, 6.07) is 7.23. The molecule has 6 rings (SSSR count). The number of nitrogen functional groups attached to an aromatic ring is 1. The number of aliphatic hydroxyl groups excluding tert-OH is 2. The number of benzene rings is 1. The monoisotopic (exact) mass is 587 g/mol. The number of nitrogens with zero attached hydrogens (tertiary/aromatic N) is 5. The molecular weight excluding hydrogens is 542 g/mol. The number of imidazole rings is 1. The predicted octanol–water partition coefficient (Wildman–Crippen LogP) is 4.57. The van der Waals surface area contributed by atoms with E-state index < -0.39 is 24.5 Å². The van der Waals surface area contributed by atoms with Gasteiger partial charge in [-0.05, 0) is 62.1 Å². The van der Waals surface area contributed by atoms with E-state index in [1.807, 2.05) is 0 Å². The molecule has 10 nitrogen and oxygen atoms in total. The Kier molecular flexibility index (Phi) is 7.83. The normalized spacial score (nSPS) is 26.2. The second-order valence-corrected chi connectivity index (χ2v) is 13.7. The summed E-state index contributed by atoms with van der Waals surface area (Å²) >= 11 is 0. The van der Waals surface area contributed by atoms with Gasteiger partial charge in [-0.3, -0.25) is 4.90 Å². The molecule has 0 amide bonds. The average Bonchev–Trinajstić information content (AvgIpc) is 3.60. The van der Waals surface area contributed by atoms with Crippen molar-refractivity contribution in [3.8, 4) is 0 Å². The van der Waals surface area contributed by atoms with Crippen LogP contribution in [0.25, 0.3) is 28.1 Å². The van der Waals surface area contributed by atoms with Gasteiger partial charge in [-0.2, -0.15) is 0 Å². The molecular formula is C33H45N7O3. The van der Waals surface area contributed by atoms with Crippen LogP contribution in [0.3, 0.4) is 0 Å². The lowest BCUT2D eigenvalue weighted by molar-refractivity contribution is -0.0618. The first kappa shape index (κ1) is 29.7. The molecule has 230 valence electrons. The van der Waals surface area contributed by atoms with Crippen molar-refractivity contribution < 1.29 is 14.9 Å². The fourth-order valence-electron chi connectivity index (χ4n) is 6.78. The van der Waals surface area contributed by atoms with Crippen molar-refractivity contribution >= 4 is 34.0 Å². The maximum atomic E-state index is 11.1. The van der Waals surface area contributed by atoms with E-state index in [1.54, 1.807) is 16.8 Å². The summed E-state index contributed by atoms with van der Waals surface area (Å²) in [7, 11) is 0. The number of anilines is 1. The number of aryl methyl sites for hydroxylation is 1. The second kappa shape index (κ2) is 11.3. The molecule has 0 bridgehead atoms. The van der Waals surface area contributed by atoms with Crippen LogP contribution in [0.5, 0.6) is 0 Å². The van der Waals surface area contributed by atoms with Gasteiger partial charge < -0.3 is 30.2 Å². The minimum atomic E-state index is -1.11. The number of hydrogen-bond donors (Lipinski definition) is 4. The fourth-order valence-corrected chi connectivity index (χ4v) is 6.78. The van der Waals surface area contributed by atoms with Gasteiger partial charge in [0.05, 0.1) is 16.4 Å². The summed E-state index contributed by atoms with van der Waals surface area (Å²) < 4.78 is 8.08. The van der Waals surface area contributed by atoms with E-state index >= 15 is 0 Å². The first-order valence-electron chi connectivity index (χ1n) is 15.4. The molecule has 2 fully saturated rings. The van der Waals surface area contributed by atoms with Crippen LogP contribution >= 0.6 is 0 Å². The largest absolute Gasteiger partial charge is 0.387 e. The van der Waals surface area contributed by atoms with E-state index in [0.717, 1.165) is 48.1 Å². The zero-order chi connectivity index (χ0) is 30.6. The zero-order valence-electron chi connectivity index (χ0n) is 25.9. The SMILES string of the molecule is C=Cc1cn([C@@H]2O[C@H](CN(C(C)C)C3CC(CCc4nc5cc(C(C)(C)C)ccc5[nH]4)C3)[C@@H](O)[C@H]2O)c2ncnc(N)c12. The maximum Gasteiger partial charge on any atom is 0.164 e. The number of nitrogens with one attached hydrogen (secondary N) is 1. The summed E-state index contributed by atoms with van der Waals surface area (Å²) in [5.41, 5.74) is 10.9. The van der Waals surface area contributed by atoms with E-state index in [-0.39, 0.29) is 11.5 Å². The van der Waals surface area contributed by atoms with Crippen LogP contribution in [0.15, 0.2) is 37.3 Å². The molecule has 0 radical (unpaired) electrons. The summed E-state index contributed by atoms with van der Waals surface area (Å²) in [5.74, 6) is 2.02. The van der Waals surface area contributed by atoms with Crippen LogP contribution in [0.1, 0.15) is 77.1 Å². The van der Waals surface area contributed by atoms with Crippen LogP contribution in [-0.2, 0) is 16.6 Å². The van der Waals surface area contributed by atoms with Gasteiger partial charge in [0.25, 0.3) is 0 Å². The number of fused-ring (bicyclic) bond motifs is 2. The number of aromatic nitrogens is 5. The summed E-state index contributed by atoms with van der Waals surface area (Å²) in [6.07, 6.45) is 5.62. The Balaban J connectivity index is 1.08. The van der Waals surface area contributed by atoms with E-state index in [4.69, 9.17) is 15.5 Å². The Hall–Kier alpha value is -3.31. The number of ether oxygens (including phenoxy) is 1. The average molecular weight is 588 g/mol. The molecule has 4 heterocycles. The Labute approximate surface area is 253 Å². The highest BCUT2D eigenvalue weighted by atomic mass is 16.6. The number of hydrogen-bond acceptors (Lipinski definition) is 8. The van der Waals surface area contributed by atoms with Gasteiger partial charge >= 0.3 is 0 Å². The molecule has 2 aliphatic rings. The lowest BCUT2D eigenvalue weighted by Gasteiger charge is -2.46. The van der Waals surface area contributed by atoms with Crippen LogP contribution in [0.2, 0.25) is 0 Å².